The van der Waals surface area contributed by atoms with Gasteiger partial charge < -0.3 is 10.1 Å². The second kappa shape index (κ2) is 10.4. The van der Waals surface area contributed by atoms with Gasteiger partial charge in [0.2, 0.25) is 15.9 Å². The van der Waals surface area contributed by atoms with E-state index >= 15 is 0 Å². The lowest BCUT2D eigenvalue weighted by Crippen LogP contribution is -2.45. The molecule has 6 nitrogen and oxygen atoms in total. The van der Waals surface area contributed by atoms with Crippen molar-refractivity contribution in [2.24, 2.45) is 0 Å². The van der Waals surface area contributed by atoms with Gasteiger partial charge in [0.05, 0.1) is 7.11 Å². The van der Waals surface area contributed by atoms with E-state index < -0.39 is 22.0 Å². The average Bonchev–Trinajstić information content (AvgIpc) is 2.76. The zero-order valence-electron chi connectivity index (χ0n) is 17.4. The molecule has 0 saturated carbocycles. The summed E-state index contributed by atoms with van der Waals surface area (Å²) < 4.78 is 34.1. The zero-order valence-corrected chi connectivity index (χ0v) is 19.8. The van der Waals surface area contributed by atoms with Gasteiger partial charge in [0, 0.05) is 15.7 Å². The second-order valence-electron chi connectivity index (χ2n) is 7.11. The van der Waals surface area contributed by atoms with Crippen molar-refractivity contribution in [1.82, 2.24) is 4.72 Å². The molecule has 3 aromatic carbocycles. The number of anilines is 1. The van der Waals surface area contributed by atoms with Crippen LogP contribution < -0.4 is 14.8 Å². The van der Waals surface area contributed by atoms with E-state index in [0.717, 1.165) is 11.1 Å². The number of carbonyl (C=O) groups is 1. The fourth-order valence-corrected chi connectivity index (χ4v) is 4.90. The van der Waals surface area contributed by atoms with Crippen molar-refractivity contribution in [2.75, 3.05) is 12.4 Å². The highest BCUT2D eigenvalue weighted by molar-refractivity contribution is 7.89. The van der Waals surface area contributed by atoms with E-state index in [9.17, 15) is 13.2 Å². The smallest absolute Gasteiger partial charge is 0.245 e. The minimum Gasteiger partial charge on any atom is -0.495 e. The highest BCUT2D eigenvalue weighted by Gasteiger charge is 2.29. The maximum Gasteiger partial charge on any atom is 0.245 e. The molecule has 1 amide bonds. The molecule has 9 heteroatoms. The fourth-order valence-electron chi connectivity index (χ4n) is 3.10. The number of methoxy groups -OCH3 is 1. The lowest BCUT2D eigenvalue weighted by molar-refractivity contribution is -0.117. The van der Waals surface area contributed by atoms with Crippen LogP contribution in [0.3, 0.4) is 0 Å². The van der Waals surface area contributed by atoms with Gasteiger partial charge in [0.1, 0.15) is 16.7 Å². The molecule has 3 rings (SSSR count). The van der Waals surface area contributed by atoms with Crippen LogP contribution in [0.25, 0.3) is 0 Å². The van der Waals surface area contributed by atoms with Crippen LogP contribution >= 0.6 is 23.2 Å². The summed E-state index contributed by atoms with van der Waals surface area (Å²) >= 11 is 12.1. The molecule has 0 aliphatic heterocycles. The molecule has 0 bridgehead atoms. The number of aryl methyl sites for hydroxylation is 1. The Morgan fingerprint density at radius 2 is 1.66 bits per heavy atom. The summed E-state index contributed by atoms with van der Waals surface area (Å²) in [7, 11) is -2.79. The number of ether oxygens (including phenoxy) is 1. The second-order valence-corrected chi connectivity index (χ2v) is 9.66. The number of amides is 1. The van der Waals surface area contributed by atoms with Gasteiger partial charge in [0.15, 0.2) is 0 Å². The lowest BCUT2D eigenvalue weighted by atomic mass is 10.1. The molecule has 0 aromatic heterocycles. The van der Waals surface area contributed by atoms with Crippen LogP contribution in [-0.2, 0) is 21.2 Å². The van der Waals surface area contributed by atoms with Gasteiger partial charge in [-0.2, -0.15) is 4.72 Å². The number of halogens is 2. The molecule has 0 aliphatic rings. The maximum absolute atomic E-state index is 13.2. The Bertz CT molecular complexity index is 1220. The number of hydrogen-bond donors (Lipinski definition) is 2. The zero-order chi connectivity index (χ0) is 23.3. The molecule has 0 heterocycles. The van der Waals surface area contributed by atoms with Crippen molar-refractivity contribution >= 4 is 44.8 Å². The van der Waals surface area contributed by atoms with Crippen LogP contribution in [0.1, 0.15) is 11.1 Å². The van der Waals surface area contributed by atoms with Crippen molar-refractivity contribution in [3.63, 3.8) is 0 Å². The van der Waals surface area contributed by atoms with E-state index in [1.54, 1.807) is 18.2 Å². The molecule has 32 heavy (non-hydrogen) atoms. The average molecular weight is 493 g/mol. The Hall–Kier alpha value is -2.58. The molecule has 0 aliphatic carbocycles. The molecule has 1 atom stereocenters. The minimum absolute atomic E-state index is 0.117. The molecular weight excluding hydrogens is 471 g/mol. The summed E-state index contributed by atoms with van der Waals surface area (Å²) in [6.45, 7) is 1.82. The Labute approximate surface area is 197 Å². The number of rotatable bonds is 8. The maximum atomic E-state index is 13.2. The third kappa shape index (κ3) is 6.01. The van der Waals surface area contributed by atoms with Gasteiger partial charge in [-0.15, -0.1) is 0 Å². The van der Waals surface area contributed by atoms with Gasteiger partial charge in [-0.1, -0.05) is 59.6 Å². The Balaban J connectivity index is 1.95. The van der Waals surface area contributed by atoms with Gasteiger partial charge in [-0.3, -0.25) is 4.79 Å². The molecule has 0 fully saturated rings. The molecule has 0 saturated heterocycles. The Morgan fingerprint density at radius 3 is 2.34 bits per heavy atom. The first-order valence-electron chi connectivity index (χ1n) is 9.66. The predicted molar refractivity (Wildman–Crippen MR) is 127 cm³/mol. The quantitative estimate of drug-likeness (QED) is 0.471. The third-order valence-corrected chi connectivity index (χ3v) is 6.73. The van der Waals surface area contributed by atoms with Crippen LogP contribution in [0, 0.1) is 6.92 Å². The summed E-state index contributed by atoms with van der Waals surface area (Å²) in [6, 6.07) is 17.4. The summed E-state index contributed by atoms with van der Waals surface area (Å²) in [6.07, 6.45) is 0.133. The summed E-state index contributed by atoms with van der Waals surface area (Å²) in [5.41, 5.74) is 2.08. The highest BCUT2D eigenvalue weighted by atomic mass is 35.5. The highest BCUT2D eigenvalue weighted by Crippen LogP contribution is 2.27. The monoisotopic (exact) mass is 492 g/mol. The first-order valence-corrected chi connectivity index (χ1v) is 11.9. The molecule has 3 aromatic rings. The van der Waals surface area contributed by atoms with Gasteiger partial charge in [-0.05, 0) is 54.8 Å². The van der Waals surface area contributed by atoms with Crippen molar-refractivity contribution in [3.8, 4) is 5.75 Å². The van der Waals surface area contributed by atoms with E-state index in [-0.39, 0.29) is 22.1 Å². The number of carbonyl (C=O) groups excluding carboxylic acids is 1. The molecule has 0 spiro atoms. The van der Waals surface area contributed by atoms with Crippen molar-refractivity contribution < 1.29 is 17.9 Å². The summed E-state index contributed by atoms with van der Waals surface area (Å²) in [5, 5.41) is 3.46. The van der Waals surface area contributed by atoms with Gasteiger partial charge in [0.25, 0.3) is 0 Å². The van der Waals surface area contributed by atoms with Crippen LogP contribution in [0.2, 0.25) is 10.0 Å². The Morgan fingerprint density at radius 1 is 1.00 bits per heavy atom. The standard InChI is InChI=1S/C23H22Cl2N2O4S/c1-15-8-9-17(24)13-19(15)26-23(28)20(12-16-6-4-3-5-7-16)27-32(29,30)22-14-18(25)10-11-21(22)31-2/h3-11,13-14,20,27H,12H2,1-2H3,(H,26,28). The van der Waals surface area contributed by atoms with E-state index in [1.165, 1.54) is 25.3 Å². The largest absolute Gasteiger partial charge is 0.495 e. The summed E-state index contributed by atoms with van der Waals surface area (Å²) in [4.78, 5) is 13.0. The molecule has 0 radical (unpaired) electrons. The van der Waals surface area contributed by atoms with Gasteiger partial charge in [-0.25, -0.2) is 8.42 Å². The van der Waals surface area contributed by atoms with Crippen LogP contribution in [-0.4, -0.2) is 27.5 Å². The third-order valence-electron chi connectivity index (χ3n) is 4.77. The van der Waals surface area contributed by atoms with Crippen molar-refractivity contribution in [3.05, 3.63) is 87.9 Å². The molecule has 1 unspecified atom stereocenters. The van der Waals surface area contributed by atoms with E-state index in [4.69, 9.17) is 27.9 Å². The molecular formula is C23H22Cl2N2O4S. The van der Waals surface area contributed by atoms with Crippen LogP contribution in [0.15, 0.2) is 71.6 Å². The first kappa shape index (κ1) is 24.1. The van der Waals surface area contributed by atoms with E-state index in [0.29, 0.717) is 10.7 Å². The predicted octanol–water partition coefficient (Wildman–Crippen LogP) is 4.84. The fraction of sp³-hybridized carbons (Fsp3) is 0.174. The topological polar surface area (TPSA) is 84.5 Å². The van der Waals surface area contributed by atoms with Crippen LogP contribution in [0.4, 0.5) is 5.69 Å². The molecule has 2 N–H and O–H groups in total. The first-order chi connectivity index (χ1) is 15.2. The lowest BCUT2D eigenvalue weighted by Gasteiger charge is -2.20. The van der Waals surface area contributed by atoms with E-state index in [1.807, 2.05) is 37.3 Å². The Kier molecular flexibility index (Phi) is 7.79. The van der Waals surface area contributed by atoms with Gasteiger partial charge >= 0.3 is 0 Å². The number of sulfonamides is 1. The number of benzene rings is 3. The minimum atomic E-state index is -4.15. The number of nitrogens with one attached hydrogen (secondary N) is 2. The van der Waals surface area contributed by atoms with E-state index in [2.05, 4.69) is 10.0 Å². The van der Waals surface area contributed by atoms with Crippen LogP contribution in [0.5, 0.6) is 5.75 Å². The summed E-state index contributed by atoms with van der Waals surface area (Å²) in [5.74, 6) is -0.407. The SMILES string of the molecule is COc1ccc(Cl)cc1S(=O)(=O)NC(Cc1ccccc1)C(=O)Nc1cc(Cl)ccc1C. The molecule has 168 valence electrons. The number of hydrogen-bond acceptors (Lipinski definition) is 4. The van der Waals surface area contributed by atoms with Crippen molar-refractivity contribution in [1.29, 1.82) is 0 Å². The normalized spacial score (nSPS) is 12.2. The van der Waals surface area contributed by atoms with Crippen molar-refractivity contribution in [2.45, 2.75) is 24.3 Å².